The minimum absolute atomic E-state index is 0.357. The second-order valence-electron chi connectivity index (χ2n) is 5.24. The third-order valence-electron chi connectivity index (χ3n) is 3.33. The molecule has 0 fully saturated rings. The molecule has 0 radical (unpaired) electrons. The minimum Gasteiger partial charge on any atom is -0.508 e. The molecule has 2 N–H and O–H groups in total. The van der Waals surface area contributed by atoms with Crippen LogP contribution in [0.4, 0.5) is 0 Å². The Balaban J connectivity index is 1.90. The number of halogens is 1. The predicted molar refractivity (Wildman–Crippen MR) is 87.0 cm³/mol. The predicted octanol–water partition coefficient (Wildman–Crippen LogP) is 4.18. The standard InChI is InChI=1S/C17H20BrNO/c1-12-3-8-17(20)15(9-12)11-19-13(2)10-14-4-6-16(18)7-5-14/h3-9,13,19-20H,10-11H2,1-2H3. The van der Waals surface area contributed by atoms with Crippen LogP contribution in [-0.2, 0) is 13.0 Å². The quantitative estimate of drug-likeness (QED) is 0.860. The summed E-state index contributed by atoms with van der Waals surface area (Å²) in [6.45, 7) is 4.88. The van der Waals surface area contributed by atoms with Gasteiger partial charge in [-0.2, -0.15) is 0 Å². The molecule has 20 heavy (non-hydrogen) atoms. The first-order valence-corrected chi connectivity index (χ1v) is 7.60. The van der Waals surface area contributed by atoms with Gasteiger partial charge in [-0.25, -0.2) is 0 Å². The molecule has 0 heterocycles. The molecule has 2 nitrogen and oxygen atoms in total. The lowest BCUT2D eigenvalue weighted by Gasteiger charge is -2.15. The van der Waals surface area contributed by atoms with Crippen LogP contribution < -0.4 is 5.32 Å². The van der Waals surface area contributed by atoms with Gasteiger partial charge in [0.15, 0.2) is 0 Å². The molecule has 0 saturated carbocycles. The van der Waals surface area contributed by atoms with Crippen molar-refractivity contribution < 1.29 is 5.11 Å². The first-order chi connectivity index (χ1) is 9.54. The summed E-state index contributed by atoms with van der Waals surface area (Å²) in [5.41, 5.74) is 3.43. The normalized spacial score (nSPS) is 12.3. The fraction of sp³-hybridized carbons (Fsp3) is 0.294. The fourth-order valence-corrected chi connectivity index (χ4v) is 2.45. The van der Waals surface area contributed by atoms with E-state index in [1.807, 2.05) is 19.1 Å². The van der Waals surface area contributed by atoms with E-state index >= 15 is 0 Å². The molecule has 0 aliphatic carbocycles. The highest BCUT2D eigenvalue weighted by molar-refractivity contribution is 9.10. The molecular formula is C17H20BrNO. The summed E-state index contributed by atoms with van der Waals surface area (Å²) in [5, 5.41) is 13.3. The Morgan fingerprint density at radius 1 is 1.15 bits per heavy atom. The molecule has 2 aromatic rings. The number of phenols is 1. The van der Waals surface area contributed by atoms with Crippen LogP contribution in [0.2, 0.25) is 0 Å². The van der Waals surface area contributed by atoms with E-state index in [0.717, 1.165) is 16.5 Å². The zero-order chi connectivity index (χ0) is 14.5. The van der Waals surface area contributed by atoms with Gasteiger partial charge in [0, 0.05) is 22.6 Å². The molecule has 0 saturated heterocycles. The third-order valence-corrected chi connectivity index (χ3v) is 3.86. The van der Waals surface area contributed by atoms with E-state index in [1.54, 1.807) is 6.07 Å². The second kappa shape index (κ2) is 6.91. The second-order valence-corrected chi connectivity index (χ2v) is 6.16. The zero-order valence-corrected chi connectivity index (χ0v) is 13.4. The third kappa shape index (κ3) is 4.36. The Kier molecular flexibility index (Phi) is 5.21. The van der Waals surface area contributed by atoms with Crippen LogP contribution in [-0.4, -0.2) is 11.1 Å². The number of rotatable bonds is 5. The van der Waals surface area contributed by atoms with Gasteiger partial charge in [0.05, 0.1) is 0 Å². The summed E-state index contributed by atoms with van der Waals surface area (Å²) in [4.78, 5) is 0. The smallest absolute Gasteiger partial charge is 0.120 e. The molecule has 1 unspecified atom stereocenters. The summed E-state index contributed by atoms with van der Waals surface area (Å²) in [6.07, 6.45) is 0.972. The molecule has 0 aliphatic heterocycles. The van der Waals surface area contributed by atoms with Gasteiger partial charge in [0.25, 0.3) is 0 Å². The van der Waals surface area contributed by atoms with E-state index in [9.17, 15) is 5.11 Å². The number of aryl methyl sites for hydroxylation is 1. The van der Waals surface area contributed by atoms with Gasteiger partial charge in [-0.05, 0) is 44.0 Å². The van der Waals surface area contributed by atoms with E-state index in [1.165, 1.54) is 11.1 Å². The van der Waals surface area contributed by atoms with E-state index in [4.69, 9.17) is 0 Å². The van der Waals surface area contributed by atoms with Gasteiger partial charge < -0.3 is 10.4 Å². The van der Waals surface area contributed by atoms with Crippen molar-refractivity contribution in [3.05, 3.63) is 63.6 Å². The first kappa shape index (κ1) is 15.1. The molecule has 2 aromatic carbocycles. The molecule has 106 valence electrons. The van der Waals surface area contributed by atoms with Crippen molar-refractivity contribution in [2.24, 2.45) is 0 Å². The molecule has 3 heteroatoms. The summed E-state index contributed by atoms with van der Waals surface area (Å²) in [6, 6.07) is 14.4. The van der Waals surface area contributed by atoms with Crippen LogP contribution in [0.25, 0.3) is 0 Å². The molecule has 0 bridgehead atoms. The summed E-state index contributed by atoms with van der Waals surface area (Å²) in [5.74, 6) is 0.360. The van der Waals surface area contributed by atoms with Crippen molar-refractivity contribution in [1.82, 2.24) is 5.32 Å². The van der Waals surface area contributed by atoms with Gasteiger partial charge in [0.2, 0.25) is 0 Å². The van der Waals surface area contributed by atoms with E-state index < -0.39 is 0 Å². The highest BCUT2D eigenvalue weighted by atomic mass is 79.9. The topological polar surface area (TPSA) is 32.3 Å². The van der Waals surface area contributed by atoms with Crippen molar-refractivity contribution in [2.75, 3.05) is 0 Å². The highest BCUT2D eigenvalue weighted by Crippen LogP contribution is 2.18. The van der Waals surface area contributed by atoms with Crippen LogP contribution in [0.5, 0.6) is 5.75 Å². The lowest BCUT2D eigenvalue weighted by Crippen LogP contribution is -2.27. The SMILES string of the molecule is Cc1ccc(O)c(CNC(C)Cc2ccc(Br)cc2)c1. The molecule has 2 rings (SSSR count). The van der Waals surface area contributed by atoms with Crippen molar-refractivity contribution in [1.29, 1.82) is 0 Å². The van der Waals surface area contributed by atoms with Crippen LogP contribution >= 0.6 is 15.9 Å². The van der Waals surface area contributed by atoms with Crippen molar-refractivity contribution in [2.45, 2.75) is 32.9 Å². The van der Waals surface area contributed by atoms with E-state index in [-0.39, 0.29) is 0 Å². The van der Waals surface area contributed by atoms with Gasteiger partial charge in [-0.3, -0.25) is 0 Å². The van der Waals surface area contributed by atoms with E-state index in [0.29, 0.717) is 18.3 Å². The van der Waals surface area contributed by atoms with Crippen LogP contribution in [0.15, 0.2) is 46.9 Å². The number of aromatic hydroxyl groups is 1. The largest absolute Gasteiger partial charge is 0.508 e. The maximum atomic E-state index is 9.82. The number of phenolic OH excluding ortho intramolecular Hbond substituents is 1. The van der Waals surface area contributed by atoms with Gasteiger partial charge in [-0.1, -0.05) is 45.8 Å². The van der Waals surface area contributed by atoms with Crippen LogP contribution in [0.3, 0.4) is 0 Å². The zero-order valence-electron chi connectivity index (χ0n) is 11.9. The Morgan fingerprint density at radius 3 is 2.55 bits per heavy atom. The first-order valence-electron chi connectivity index (χ1n) is 6.81. The fourth-order valence-electron chi connectivity index (χ4n) is 2.19. The molecule has 0 amide bonds. The minimum atomic E-state index is 0.357. The molecular weight excluding hydrogens is 314 g/mol. The van der Waals surface area contributed by atoms with Gasteiger partial charge in [-0.15, -0.1) is 0 Å². The Bertz CT molecular complexity index is 566. The van der Waals surface area contributed by atoms with Crippen molar-refractivity contribution >= 4 is 15.9 Å². The average Bonchev–Trinajstić information content (AvgIpc) is 2.42. The molecule has 0 aromatic heterocycles. The average molecular weight is 334 g/mol. The van der Waals surface area contributed by atoms with Crippen LogP contribution in [0.1, 0.15) is 23.6 Å². The number of hydrogen-bond acceptors (Lipinski definition) is 2. The molecule has 0 spiro atoms. The van der Waals surface area contributed by atoms with Gasteiger partial charge in [0.1, 0.15) is 5.75 Å². The van der Waals surface area contributed by atoms with Gasteiger partial charge >= 0.3 is 0 Å². The number of nitrogens with one attached hydrogen (secondary N) is 1. The van der Waals surface area contributed by atoms with Crippen molar-refractivity contribution in [3.63, 3.8) is 0 Å². The Morgan fingerprint density at radius 2 is 1.85 bits per heavy atom. The maximum Gasteiger partial charge on any atom is 0.120 e. The summed E-state index contributed by atoms with van der Waals surface area (Å²) < 4.78 is 1.10. The summed E-state index contributed by atoms with van der Waals surface area (Å²) in [7, 11) is 0. The molecule has 1 atom stereocenters. The highest BCUT2D eigenvalue weighted by Gasteiger charge is 2.06. The summed E-state index contributed by atoms with van der Waals surface area (Å²) >= 11 is 3.44. The Hall–Kier alpha value is -1.32. The van der Waals surface area contributed by atoms with Crippen molar-refractivity contribution in [3.8, 4) is 5.75 Å². The lowest BCUT2D eigenvalue weighted by atomic mass is 10.1. The maximum absolute atomic E-state index is 9.82. The number of benzene rings is 2. The lowest BCUT2D eigenvalue weighted by molar-refractivity contribution is 0.458. The monoisotopic (exact) mass is 333 g/mol. The number of hydrogen-bond donors (Lipinski definition) is 2. The molecule has 0 aliphatic rings. The Labute approximate surface area is 129 Å². The van der Waals surface area contributed by atoms with Crippen LogP contribution in [0, 0.1) is 6.92 Å². The van der Waals surface area contributed by atoms with E-state index in [2.05, 4.69) is 52.4 Å².